The minimum atomic E-state index is -0.373. The third-order valence-corrected chi connectivity index (χ3v) is 3.01. The molecule has 1 saturated heterocycles. The van der Waals surface area contributed by atoms with Crippen LogP contribution >= 0.6 is 11.3 Å². The molecule has 0 radical (unpaired) electrons. The van der Waals surface area contributed by atoms with Crippen molar-refractivity contribution in [1.82, 2.24) is 4.98 Å². The molecule has 1 aromatic rings. The molecule has 82 valence electrons. The van der Waals surface area contributed by atoms with Gasteiger partial charge in [-0.15, -0.1) is 11.3 Å². The highest BCUT2D eigenvalue weighted by Crippen LogP contribution is 2.20. The lowest BCUT2D eigenvalue weighted by Gasteiger charge is -2.10. The van der Waals surface area contributed by atoms with Crippen LogP contribution < -0.4 is 11.1 Å². The Morgan fingerprint density at radius 2 is 2.60 bits per heavy atom. The maximum atomic E-state index is 11.7. The summed E-state index contributed by atoms with van der Waals surface area (Å²) in [6, 6.07) is 0. The molecule has 1 amide bonds. The minimum absolute atomic E-state index is 0.0250. The summed E-state index contributed by atoms with van der Waals surface area (Å²) >= 11 is 1.39. The number of anilines is 1. The van der Waals surface area contributed by atoms with Crippen LogP contribution in [0.25, 0.3) is 0 Å². The van der Waals surface area contributed by atoms with E-state index in [1.54, 1.807) is 6.20 Å². The smallest absolute Gasteiger partial charge is 0.255 e. The van der Waals surface area contributed by atoms with Gasteiger partial charge in [-0.3, -0.25) is 10.1 Å². The standard InChI is InChI=1S/C9H13N3O2S/c10-5-6-1-2-7(14-6)8(13)12-9-11-3-4-15-9/h3-4,6-7H,1-2,5,10H2,(H,11,12,13). The average molecular weight is 227 g/mol. The number of rotatable bonds is 3. The highest BCUT2D eigenvalue weighted by molar-refractivity contribution is 7.13. The topological polar surface area (TPSA) is 77.2 Å². The van der Waals surface area contributed by atoms with Gasteiger partial charge in [-0.1, -0.05) is 0 Å². The highest BCUT2D eigenvalue weighted by atomic mass is 32.1. The normalized spacial score (nSPS) is 25.4. The third kappa shape index (κ3) is 2.53. The van der Waals surface area contributed by atoms with Crippen LogP contribution in [-0.2, 0) is 9.53 Å². The Morgan fingerprint density at radius 3 is 3.20 bits per heavy atom. The summed E-state index contributed by atoms with van der Waals surface area (Å²) in [5.41, 5.74) is 5.47. The second-order valence-electron chi connectivity index (χ2n) is 3.39. The van der Waals surface area contributed by atoms with Gasteiger partial charge in [0.2, 0.25) is 0 Å². The Kier molecular flexibility index (Phi) is 3.30. The number of nitrogens with one attached hydrogen (secondary N) is 1. The van der Waals surface area contributed by atoms with Crippen molar-refractivity contribution in [3.8, 4) is 0 Å². The molecule has 15 heavy (non-hydrogen) atoms. The van der Waals surface area contributed by atoms with Crippen molar-refractivity contribution >= 4 is 22.4 Å². The van der Waals surface area contributed by atoms with E-state index in [4.69, 9.17) is 10.5 Å². The summed E-state index contributed by atoms with van der Waals surface area (Å²) in [6.45, 7) is 0.473. The lowest BCUT2D eigenvalue weighted by atomic mass is 10.2. The molecule has 0 bridgehead atoms. The second-order valence-corrected chi connectivity index (χ2v) is 4.28. The zero-order valence-corrected chi connectivity index (χ0v) is 9.00. The largest absolute Gasteiger partial charge is 0.364 e. The zero-order valence-electron chi connectivity index (χ0n) is 8.18. The van der Waals surface area contributed by atoms with Crippen molar-refractivity contribution in [3.63, 3.8) is 0 Å². The van der Waals surface area contributed by atoms with Gasteiger partial charge < -0.3 is 10.5 Å². The van der Waals surface area contributed by atoms with E-state index in [1.165, 1.54) is 11.3 Å². The molecule has 0 aliphatic carbocycles. The number of aromatic nitrogens is 1. The summed E-state index contributed by atoms with van der Waals surface area (Å²) < 4.78 is 5.46. The van der Waals surface area contributed by atoms with Gasteiger partial charge in [0.1, 0.15) is 6.10 Å². The molecule has 2 unspecified atom stereocenters. The fraction of sp³-hybridized carbons (Fsp3) is 0.556. The van der Waals surface area contributed by atoms with Crippen LogP contribution in [0.3, 0.4) is 0 Å². The number of carbonyl (C=O) groups excluding carboxylic acids is 1. The average Bonchev–Trinajstić information content (AvgIpc) is 2.86. The van der Waals surface area contributed by atoms with Gasteiger partial charge in [0.15, 0.2) is 5.13 Å². The quantitative estimate of drug-likeness (QED) is 0.792. The lowest BCUT2D eigenvalue weighted by molar-refractivity contribution is -0.126. The van der Waals surface area contributed by atoms with Crippen LogP contribution in [0.5, 0.6) is 0 Å². The van der Waals surface area contributed by atoms with Gasteiger partial charge in [-0.05, 0) is 12.8 Å². The summed E-state index contributed by atoms with van der Waals surface area (Å²) in [6.07, 6.45) is 2.89. The van der Waals surface area contributed by atoms with E-state index >= 15 is 0 Å². The molecule has 1 aliphatic heterocycles. The fourth-order valence-corrected chi connectivity index (χ4v) is 2.07. The molecule has 6 heteroatoms. The third-order valence-electron chi connectivity index (χ3n) is 2.33. The monoisotopic (exact) mass is 227 g/mol. The summed E-state index contributed by atoms with van der Waals surface area (Å²) in [5.74, 6) is -0.124. The first kappa shape index (κ1) is 10.5. The first-order valence-corrected chi connectivity index (χ1v) is 5.73. The summed E-state index contributed by atoms with van der Waals surface area (Å²) in [4.78, 5) is 15.6. The van der Waals surface area contributed by atoms with Gasteiger partial charge in [0, 0.05) is 18.1 Å². The molecular weight excluding hydrogens is 214 g/mol. The van der Waals surface area contributed by atoms with Crippen LogP contribution in [0.4, 0.5) is 5.13 Å². The predicted molar refractivity (Wildman–Crippen MR) is 57.7 cm³/mol. The zero-order chi connectivity index (χ0) is 10.7. The van der Waals surface area contributed by atoms with E-state index in [2.05, 4.69) is 10.3 Å². The number of hydrogen-bond acceptors (Lipinski definition) is 5. The number of hydrogen-bond donors (Lipinski definition) is 2. The Labute approximate surface area is 91.6 Å². The molecule has 5 nitrogen and oxygen atoms in total. The van der Waals surface area contributed by atoms with Crippen molar-refractivity contribution in [2.24, 2.45) is 5.73 Å². The lowest BCUT2D eigenvalue weighted by Crippen LogP contribution is -2.29. The van der Waals surface area contributed by atoms with E-state index in [1.807, 2.05) is 5.38 Å². The predicted octanol–water partition coefficient (Wildman–Crippen LogP) is 0.588. The maximum Gasteiger partial charge on any atom is 0.255 e. The first-order chi connectivity index (χ1) is 7.29. The molecule has 1 fully saturated rings. The van der Waals surface area contributed by atoms with E-state index in [0.717, 1.165) is 12.8 Å². The van der Waals surface area contributed by atoms with Crippen LogP contribution in [0.1, 0.15) is 12.8 Å². The van der Waals surface area contributed by atoms with E-state index in [0.29, 0.717) is 11.7 Å². The van der Waals surface area contributed by atoms with Crippen LogP contribution in [0.2, 0.25) is 0 Å². The molecule has 1 aliphatic rings. The molecule has 2 atom stereocenters. The van der Waals surface area contributed by atoms with Crippen LogP contribution in [-0.4, -0.2) is 29.6 Å². The molecule has 0 saturated carbocycles. The van der Waals surface area contributed by atoms with Crippen molar-refractivity contribution in [1.29, 1.82) is 0 Å². The van der Waals surface area contributed by atoms with Crippen LogP contribution in [0, 0.1) is 0 Å². The summed E-state index contributed by atoms with van der Waals surface area (Å²) in [5, 5.41) is 5.14. The van der Waals surface area contributed by atoms with E-state index in [9.17, 15) is 4.79 Å². The molecule has 1 aromatic heterocycles. The summed E-state index contributed by atoms with van der Waals surface area (Å²) in [7, 11) is 0. The number of carbonyl (C=O) groups is 1. The number of nitrogens with two attached hydrogens (primary N) is 1. The van der Waals surface area contributed by atoms with E-state index < -0.39 is 0 Å². The van der Waals surface area contributed by atoms with Gasteiger partial charge in [-0.25, -0.2) is 4.98 Å². The molecule has 2 heterocycles. The molecule has 3 N–H and O–H groups in total. The maximum absolute atomic E-state index is 11.7. The van der Waals surface area contributed by atoms with Crippen molar-refractivity contribution in [2.75, 3.05) is 11.9 Å². The number of ether oxygens (including phenoxy) is 1. The Morgan fingerprint density at radius 1 is 1.73 bits per heavy atom. The molecule has 0 spiro atoms. The van der Waals surface area contributed by atoms with Crippen molar-refractivity contribution < 1.29 is 9.53 Å². The Hall–Kier alpha value is -0.980. The SMILES string of the molecule is NCC1CCC(C(=O)Nc2nccs2)O1. The van der Waals surface area contributed by atoms with E-state index in [-0.39, 0.29) is 18.1 Å². The molecule has 0 aromatic carbocycles. The van der Waals surface area contributed by atoms with Crippen molar-refractivity contribution in [2.45, 2.75) is 25.0 Å². The van der Waals surface area contributed by atoms with Crippen LogP contribution in [0.15, 0.2) is 11.6 Å². The second kappa shape index (κ2) is 4.69. The highest BCUT2D eigenvalue weighted by Gasteiger charge is 2.30. The van der Waals surface area contributed by atoms with Gasteiger partial charge in [0.05, 0.1) is 6.10 Å². The van der Waals surface area contributed by atoms with Gasteiger partial charge in [0.25, 0.3) is 5.91 Å². The number of nitrogens with zero attached hydrogens (tertiary/aromatic N) is 1. The number of amides is 1. The number of thiazole rings is 1. The minimum Gasteiger partial charge on any atom is -0.364 e. The molecular formula is C9H13N3O2S. The Bertz CT molecular complexity index is 328. The van der Waals surface area contributed by atoms with Gasteiger partial charge >= 0.3 is 0 Å². The molecule has 2 rings (SSSR count). The Balaban J connectivity index is 1.87. The fourth-order valence-electron chi connectivity index (χ4n) is 1.54. The van der Waals surface area contributed by atoms with Gasteiger partial charge in [-0.2, -0.15) is 0 Å². The first-order valence-electron chi connectivity index (χ1n) is 4.85. The van der Waals surface area contributed by atoms with Crippen molar-refractivity contribution in [3.05, 3.63) is 11.6 Å².